The van der Waals surface area contributed by atoms with E-state index in [-0.39, 0.29) is 84.3 Å². The van der Waals surface area contributed by atoms with Crippen LogP contribution in [0.1, 0.15) is 181 Å². The summed E-state index contributed by atoms with van der Waals surface area (Å²) in [5.74, 6) is 16.1. The molecule has 4 atom stereocenters. The molecule has 15 heterocycles. The van der Waals surface area contributed by atoms with E-state index < -0.39 is 0 Å². The summed E-state index contributed by atoms with van der Waals surface area (Å²) in [7, 11) is 11.9. The van der Waals surface area contributed by atoms with Gasteiger partial charge in [-0.25, -0.2) is 4.79 Å². The fraction of sp³-hybridized carbons (Fsp3) is 0.466. The first-order chi connectivity index (χ1) is 61.6. The van der Waals surface area contributed by atoms with Crippen molar-refractivity contribution in [2.75, 3.05) is 138 Å². The first-order valence-electron chi connectivity index (χ1n) is 43.2. The number of hydrogen-bond donors (Lipinski definition) is 3. The van der Waals surface area contributed by atoms with Gasteiger partial charge in [0.25, 0.3) is 29.5 Å². The van der Waals surface area contributed by atoms with Gasteiger partial charge in [0, 0.05) is 209 Å². The number of Topliss-reactive ketones (excluding diaryl/α,β-unsaturated/α-hetero) is 2. The minimum Gasteiger partial charge on any atom is -0.465 e. The molecule has 0 saturated carbocycles. The fourth-order valence-corrected chi connectivity index (χ4v) is 18.0. The van der Waals surface area contributed by atoms with Crippen molar-refractivity contribution < 1.29 is 47.9 Å². The van der Waals surface area contributed by atoms with Crippen molar-refractivity contribution in [3.63, 3.8) is 0 Å². The highest BCUT2D eigenvalue weighted by atomic mass is 31.0. The number of nitrogens with two attached hydrogens (primary N) is 1. The second-order valence-corrected chi connectivity index (χ2v) is 36.3. The van der Waals surface area contributed by atoms with E-state index in [2.05, 4.69) is 153 Å². The number of amides is 6. The largest absolute Gasteiger partial charge is 0.465 e. The SMILES string of the molecule is C.C.C.C.C.C#C.C#CC.C#CC#CC.CC#CC.CC(=O)N1CC(N2CC(N3Cc4ccccc4C3=O)C2)C1.CC(C)=O.COC(=O)c1ccccc1C.NC1CN(P)C1.O=C1CN(P)C1.O=C1c2ccccc2CN1C1CN(C2CN(P)C2)C1.O=C1c2ccccc2CN1C1CN(C2CNC2)C1.O=C1c2ccccc2CN1C1CN(P)C1.O=C1c2ccccc2CN1C1CNC1. The maximum absolute atomic E-state index is 12.4. The summed E-state index contributed by atoms with van der Waals surface area (Å²) >= 11 is 0. The molecule has 10 saturated heterocycles. The van der Waals surface area contributed by atoms with Crippen LogP contribution in [0.15, 0.2) is 146 Å². The second-order valence-electron chi connectivity index (χ2n) is 33.4. The highest BCUT2D eigenvalue weighted by Crippen LogP contribution is 2.35. The van der Waals surface area contributed by atoms with Gasteiger partial charge in [-0.15, -0.1) is 43.5 Å². The molecule has 0 bridgehead atoms. The summed E-state index contributed by atoms with van der Waals surface area (Å²) in [6.45, 7) is 36.9. The number of methoxy groups -OCH3 is 1. The average Bonchev–Trinajstić information content (AvgIpc) is 1.66. The molecule has 15 aliphatic rings. The Morgan fingerprint density at radius 2 is 0.654 bits per heavy atom. The molecule has 133 heavy (non-hydrogen) atoms. The Kier molecular flexibility index (Phi) is 49.5. The normalized spacial score (nSPS) is 18.8. The number of fused-ring (bicyclic) bond motifs is 5. The summed E-state index contributed by atoms with van der Waals surface area (Å²) < 4.78 is 13.0. The third kappa shape index (κ3) is 31.3. The van der Waals surface area contributed by atoms with Gasteiger partial charge < -0.3 is 55.3 Å². The van der Waals surface area contributed by atoms with Crippen molar-refractivity contribution in [2.45, 2.75) is 180 Å². The van der Waals surface area contributed by atoms with Gasteiger partial charge in [0.1, 0.15) is 5.78 Å². The van der Waals surface area contributed by atoms with E-state index in [9.17, 15) is 43.2 Å². The van der Waals surface area contributed by atoms with Crippen LogP contribution >= 0.6 is 37.6 Å². The number of ether oxygens (including phenoxy) is 1. The van der Waals surface area contributed by atoms with E-state index in [0.29, 0.717) is 78.8 Å². The van der Waals surface area contributed by atoms with Crippen LogP contribution in [0, 0.1) is 68.1 Å². The Labute approximate surface area is 804 Å². The molecule has 6 amide bonds. The topological polar surface area (TPSA) is 255 Å². The standard InChI is InChI=1S/C16H19N3O2.C14H18N3OP.C14H17N3O.C11H13N2OP.C11H12N2O.C9H10O2.C5H4.C4H6.C3H9N2P.C3H6NOP.C3H6O.C3H4.C2H2.5CH4/c1-11(20)17-7-13(8-17)18-9-14(10-18)19-6-12-4-2-3-5-15(12)16(19)21;18-14-13-4-2-1-3-10(13)5-17(14)12-6-15(7-12)11-8-16(19)9-11;18-14-13-4-2-1-3-10(13)7-17(14)12-8-16(9-12)11-5-15-6-11;14-11-10-4-2-1-3-8(10)5-13(11)9-6-12(15)7-9;14-11-10-4-2-1-3-8(10)7-13(11)9-5-12-6-9;1-7-5-3-4-6-8(7)9(10)11-2;1-3-5-4-2;1-3-4-2;4-3-1-5(6)2-3;5-3-1-4(6)2-3;1-3(2)4;1-3-2;1-2;;;;;/h2-5,13-14H,6-10H2,1H3;1-4,11-12H,5-9,19H2;1-4,11-12,15H,5-9H2;1-4,9H,5-7,15H2;1-4,9,12H,5-7H2;3-6H,1-2H3;1H,2H3;1-2H3;3H,1-2,4,6H2;1-2,6H2;1-2H3;1H,2H3;1-2H;5*1H4. The summed E-state index contributed by atoms with van der Waals surface area (Å²) in [6, 6.07) is 51.3. The van der Waals surface area contributed by atoms with E-state index >= 15 is 0 Å². The first-order valence-corrected chi connectivity index (χ1v) is 45.3. The van der Waals surface area contributed by atoms with Crippen molar-refractivity contribution in [2.24, 2.45) is 5.73 Å². The molecule has 26 nitrogen and oxygen atoms in total. The first kappa shape index (κ1) is 115. The predicted molar refractivity (Wildman–Crippen MR) is 551 cm³/mol. The minimum absolute atomic E-state index is 0. The molecule has 6 aromatic carbocycles. The number of terminal acetylenes is 3. The van der Waals surface area contributed by atoms with Crippen LogP contribution in [0.25, 0.3) is 0 Å². The maximum Gasteiger partial charge on any atom is 0.338 e. The number of carbonyl (C=O) groups excluding carboxylic acids is 9. The number of esters is 1. The predicted octanol–water partition coefficient (Wildman–Crippen LogP) is 10.6. The van der Waals surface area contributed by atoms with Gasteiger partial charge in [-0.05, 0) is 130 Å². The number of benzene rings is 6. The third-order valence-corrected chi connectivity index (χ3v) is 25.6. The van der Waals surface area contributed by atoms with Crippen LogP contribution < -0.4 is 16.4 Å². The summed E-state index contributed by atoms with van der Waals surface area (Å²) in [5.41, 5.74) is 17.3. The zero-order valence-electron chi connectivity index (χ0n) is 75.3. The van der Waals surface area contributed by atoms with E-state index in [1.54, 1.807) is 26.8 Å². The number of rotatable bonds is 9. The summed E-state index contributed by atoms with van der Waals surface area (Å²) in [5, 5.41) is 6.49. The van der Waals surface area contributed by atoms with E-state index in [4.69, 9.17) is 12.2 Å². The number of ketones is 2. The van der Waals surface area contributed by atoms with Crippen molar-refractivity contribution in [1.82, 2.24) is 73.4 Å². The van der Waals surface area contributed by atoms with Gasteiger partial charge in [-0.1, -0.05) is 190 Å². The monoisotopic (exact) mass is 1890 g/mol. The van der Waals surface area contributed by atoms with Crippen LogP contribution in [-0.2, 0) is 51.8 Å². The van der Waals surface area contributed by atoms with E-state index in [0.717, 1.165) is 189 Å². The molecule has 0 aromatic heterocycles. The molecule has 15 aliphatic heterocycles. The Morgan fingerprint density at radius 1 is 0.383 bits per heavy atom. The molecule has 0 radical (unpaired) electrons. The van der Waals surface area contributed by atoms with Gasteiger partial charge in [0.2, 0.25) is 5.91 Å². The quantitative estimate of drug-likeness (QED) is 0.0691. The van der Waals surface area contributed by atoms with Crippen molar-refractivity contribution in [3.05, 3.63) is 212 Å². The highest BCUT2D eigenvalue weighted by Gasteiger charge is 2.47. The smallest absolute Gasteiger partial charge is 0.338 e. The zero-order valence-corrected chi connectivity index (χ0v) is 79.9. The molecule has 0 spiro atoms. The molecular formula is C103H146N16O10P4. The van der Waals surface area contributed by atoms with Crippen molar-refractivity contribution in [1.29, 1.82) is 0 Å². The molecule has 718 valence electrons. The van der Waals surface area contributed by atoms with Crippen LogP contribution in [0.5, 0.6) is 0 Å². The number of carbonyl (C=O) groups is 9. The Morgan fingerprint density at radius 3 is 0.865 bits per heavy atom. The van der Waals surface area contributed by atoms with Gasteiger partial charge in [0.05, 0.1) is 56.0 Å². The fourth-order valence-electron chi connectivity index (χ4n) is 16.1. The number of likely N-dealkylation sites (tertiary alicyclic amines) is 4. The van der Waals surface area contributed by atoms with Crippen LogP contribution in [0.4, 0.5) is 0 Å². The number of hydrogen-bond acceptors (Lipinski definition) is 20. The molecule has 4 unspecified atom stereocenters. The number of nitrogens with one attached hydrogen (secondary N) is 2. The van der Waals surface area contributed by atoms with Gasteiger partial charge in [-0.3, -0.25) is 66.9 Å². The van der Waals surface area contributed by atoms with Gasteiger partial charge in [0.15, 0.2) is 5.78 Å². The molecule has 10 fully saturated rings. The number of aryl methyl sites for hydroxylation is 1. The number of nitrogens with zero attached hydrogens (tertiary/aromatic N) is 13. The molecule has 4 N–H and O–H groups in total. The molecule has 21 rings (SSSR count). The van der Waals surface area contributed by atoms with Gasteiger partial charge >= 0.3 is 5.97 Å². The lowest BCUT2D eigenvalue weighted by atomic mass is 9.99. The van der Waals surface area contributed by atoms with E-state index in [1.807, 2.05) is 177 Å². The van der Waals surface area contributed by atoms with E-state index in [1.165, 1.54) is 43.2 Å². The summed E-state index contributed by atoms with van der Waals surface area (Å²) in [6.07, 6.45) is 17.3. The molecule has 30 heteroatoms. The van der Waals surface area contributed by atoms with Crippen LogP contribution in [0.2, 0.25) is 0 Å². The van der Waals surface area contributed by atoms with Crippen LogP contribution in [0.3, 0.4) is 0 Å². The highest BCUT2D eigenvalue weighted by molar-refractivity contribution is 7.14. The Hall–Kier alpha value is -9.93. The summed E-state index contributed by atoms with van der Waals surface area (Å²) in [4.78, 5) is 122. The second kappa shape index (κ2) is 57.1. The zero-order chi connectivity index (χ0) is 92.8. The molecule has 6 aromatic rings. The average molecular weight is 1890 g/mol. The lowest BCUT2D eigenvalue weighted by Crippen LogP contribution is -2.70. The molecular weight excluding hydrogens is 1750 g/mol. The van der Waals surface area contributed by atoms with Crippen molar-refractivity contribution >= 4 is 90.5 Å². The third-order valence-electron chi connectivity index (χ3n) is 24.0. The van der Waals surface area contributed by atoms with Gasteiger partial charge in [-0.2, -0.15) is 0 Å². The lowest BCUT2D eigenvalue weighted by molar-refractivity contribution is -0.138. The Bertz CT molecular complexity index is 5050. The molecule has 0 aliphatic carbocycles. The van der Waals surface area contributed by atoms with Crippen LogP contribution in [-0.4, -0.2) is 308 Å². The maximum atomic E-state index is 12.4. The van der Waals surface area contributed by atoms with Crippen molar-refractivity contribution in [3.8, 4) is 61.2 Å². The Balaban J connectivity index is 0.000000314. The minimum atomic E-state index is -0.275. The lowest BCUT2D eigenvalue weighted by Gasteiger charge is -2.53.